The molecule has 0 heterocycles. The molecule has 1 unspecified atom stereocenters. The zero-order valence-electron chi connectivity index (χ0n) is 15.6. The molecule has 0 aliphatic heterocycles. The molecule has 29 heavy (non-hydrogen) atoms. The number of hydrogen-bond donors (Lipinski definition) is 2. The zero-order chi connectivity index (χ0) is 20.9. The standard InChI is InChI=1S/C23H21ClF3NO/c24-21-14-16(12-13-28-15-22(29)17-6-2-1-3-7-17)10-11-19(21)18-8-4-5-9-20(18)23(25,26)27/h1-11,14,22,28-29H,12-13,15H2. The van der Waals surface area contributed by atoms with E-state index in [2.05, 4.69) is 5.32 Å². The van der Waals surface area contributed by atoms with Crippen molar-refractivity contribution < 1.29 is 18.3 Å². The molecule has 0 aromatic heterocycles. The van der Waals surface area contributed by atoms with Gasteiger partial charge in [0.2, 0.25) is 0 Å². The Balaban J connectivity index is 1.62. The Morgan fingerprint density at radius 1 is 0.897 bits per heavy atom. The van der Waals surface area contributed by atoms with Gasteiger partial charge in [0.1, 0.15) is 0 Å². The predicted molar refractivity (Wildman–Crippen MR) is 110 cm³/mol. The van der Waals surface area contributed by atoms with Crippen LogP contribution in [-0.4, -0.2) is 18.2 Å². The smallest absolute Gasteiger partial charge is 0.387 e. The number of aliphatic hydroxyl groups is 1. The van der Waals surface area contributed by atoms with Gasteiger partial charge in [-0.2, -0.15) is 13.2 Å². The number of hydrogen-bond acceptors (Lipinski definition) is 2. The van der Waals surface area contributed by atoms with Crippen LogP contribution in [0.15, 0.2) is 72.8 Å². The van der Waals surface area contributed by atoms with Crippen LogP contribution in [0.2, 0.25) is 5.02 Å². The highest BCUT2D eigenvalue weighted by Gasteiger charge is 2.33. The zero-order valence-corrected chi connectivity index (χ0v) is 16.3. The summed E-state index contributed by atoms with van der Waals surface area (Å²) in [5.41, 5.74) is 1.48. The van der Waals surface area contributed by atoms with Crippen molar-refractivity contribution in [3.63, 3.8) is 0 Å². The monoisotopic (exact) mass is 419 g/mol. The van der Waals surface area contributed by atoms with Crippen LogP contribution in [-0.2, 0) is 12.6 Å². The van der Waals surface area contributed by atoms with E-state index in [0.29, 0.717) is 25.1 Å². The Kier molecular flexibility index (Phi) is 6.96. The molecule has 6 heteroatoms. The van der Waals surface area contributed by atoms with E-state index >= 15 is 0 Å². The van der Waals surface area contributed by atoms with E-state index in [9.17, 15) is 18.3 Å². The second kappa shape index (κ2) is 9.44. The summed E-state index contributed by atoms with van der Waals surface area (Å²) in [4.78, 5) is 0. The summed E-state index contributed by atoms with van der Waals surface area (Å²) in [5.74, 6) is 0. The maximum atomic E-state index is 13.3. The lowest BCUT2D eigenvalue weighted by Crippen LogP contribution is -2.23. The lowest BCUT2D eigenvalue weighted by molar-refractivity contribution is -0.137. The maximum absolute atomic E-state index is 13.3. The van der Waals surface area contributed by atoms with Gasteiger partial charge in [-0.25, -0.2) is 0 Å². The molecule has 0 radical (unpaired) electrons. The Morgan fingerprint density at radius 3 is 2.28 bits per heavy atom. The Labute approximate surface area is 173 Å². The molecule has 1 atom stereocenters. The molecule has 0 spiro atoms. The van der Waals surface area contributed by atoms with Crippen molar-refractivity contribution in [1.82, 2.24) is 5.32 Å². The van der Waals surface area contributed by atoms with Gasteiger partial charge in [0.25, 0.3) is 0 Å². The average molecular weight is 420 g/mol. The van der Waals surface area contributed by atoms with Crippen molar-refractivity contribution in [3.8, 4) is 11.1 Å². The summed E-state index contributed by atoms with van der Waals surface area (Å²) in [6.45, 7) is 1.02. The third-order valence-electron chi connectivity index (χ3n) is 4.67. The SMILES string of the molecule is OC(CNCCc1ccc(-c2ccccc2C(F)(F)F)c(Cl)c1)c1ccccc1. The van der Waals surface area contributed by atoms with Crippen LogP contribution in [0, 0.1) is 0 Å². The first-order chi connectivity index (χ1) is 13.9. The molecule has 0 fully saturated rings. The molecule has 0 aliphatic rings. The van der Waals surface area contributed by atoms with Gasteiger partial charge in [-0.15, -0.1) is 0 Å². The summed E-state index contributed by atoms with van der Waals surface area (Å²) in [7, 11) is 0. The molecular formula is C23H21ClF3NO. The van der Waals surface area contributed by atoms with Gasteiger partial charge in [-0.3, -0.25) is 0 Å². The second-order valence-electron chi connectivity index (χ2n) is 6.74. The average Bonchev–Trinajstić information content (AvgIpc) is 2.71. The molecule has 152 valence electrons. The molecule has 0 aliphatic carbocycles. The molecule has 0 amide bonds. The molecule has 2 nitrogen and oxygen atoms in total. The number of alkyl halides is 3. The number of benzene rings is 3. The molecule has 3 aromatic carbocycles. The van der Waals surface area contributed by atoms with Crippen molar-refractivity contribution in [1.29, 1.82) is 0 Å². The van der Waals surface area contributed by atoms with Crippen molar-refractivity contribution in [2.24, 2.45) is 0 Å². The first-order valence-electron chi connectivity index (χ1n) is 9.25. The number of rotatable bonds is 7. The van der Waals surface area contributed by atoms with Crippen molar-refractivity contribution in [2.75, 3.05) is 13.1 Å². The van der Waals surface area contributed by atoms with Gasteiger partial charge in [0, 0.05) is 17.1 Å². The summed E-state index contributed by atoms with van der Waals surface area (Å²) in [5, 5.41) is 13.6. The first kappa shape index (κ1) is 21.4. The van der Waals surface area contributed by atoms with Crippen LogP contribution < -0.4 is 5.32 Å². The van der Waals surface area contributed by atoms with E-state index < -0.39 is 17.8 Å². The van der Waals surface area contributed by atoms with E-state index in [1.807, 2.05) is 30.3 Å². The fourth-order valence-electron chi connectivity index (χ4n) is 3.16. The third-order valence-corrected chi connectivity index (χ3v) is 4.98. The molecular weight excluding hydrogens is 399 g/mol. The molecule has 0 saturated heterocycles. The minimum Gasteiger partial charge on any atom is -0.387 e. The molecule has 0 saturated carbocycles. The van der Waals surface area contributed by atoms with E-state index in [1.165, 1.54) is 12.1 Å². The number of aliphatic hydroxyl groups excluding tert-OH is 1. The topological polar surface area (TPSA) is 32.3 Å². The van der Waals surface area contributed by atoms with Crippen molar-refractivity contribution in [3.05, 3.63) is 94.5 Å². The summed E-state index contributed by atoms with van der Waals surface area (Å²) < 4.78 is 39.8. The minimum absolute atomic E-state index is 0.0701. The molecule has 2 N–H and O–H groups in total. The van der Waals surface area contributed by atoms with Gasteiger partial charge in [0.05, 0.1) is 11.7 Å². The number of halogens is 4. The second-order valence-corrected chi connectivity index (χ2v) is 7.15. The lowest BCUT2D eigenvalue weighted by atomic mass is 9.97. The van der Waals surface area contributed by atoms with Crippen molar-refractivity contribution >= 4 is 11.6 Å². The van der Waals surface area contributed by atoms with Gasteiger partial charge < -0.3 is 10.4 Å². The van der Waals surface area contributed by atoms with Gasteiger partial charge in [-0.1, -0.05) is 72.3 Å². The van der Waals surface area contributed by atoms with Crippen LogP contribution in [0.5, 0.6) is 0 Å². The molecule has 0 bridgehead atoms. The quantitative estimate of drug-likeness (QED) is 0.468. The van der Waals surface area contributed by atoms with Gasteiger partial charge in [0.15, 0.2) is 0 Å². The molecule has 3 rings (SSSR count). The van der Waals surface area contributed by atoms with Crippen LogP contribution >= 0.6 is 11.6 Å². The minimum atomic E-state index is -4.44. The van der Waals surface area contributed by atoms with Crippen LogP contribution in [0.25, 0.3) is 11.1 Å². The third kappa shape index (κ3) is 5.60. The van der Waals surface area contributed by atoms with Crippen LogP contribution in [0.3, 0.4) is 0 Å². The summed E-state index contributed by atoms with van der Waals surface area (Å²) in [6, 6.07) is 19.9. The predicted octanol–water partition coefficient (Wildman–Crippen LogP) is 5.89. The van der Waals surface area contributed by atoms with E-state index in [0.717, 1.165) is 17.2 Å². The lowest BCUT2D eigenvalue weighted by Gasteiger charge is -2.15. The Bertz CT molecular complexity index is 944. The Morgan fingerprint density at radius 2 is 1.59 bits per heavy atom. The highest BCUT2D eigenvalue weighted by Crippen LogP contribution is 2.39. The largest absolute Gasteiger partial charge is 0.417 e. The Hall–Kier alpha value is -2.34. The van der Waals surface area contributed by atoms with E-state index in [4.69, 9.17) is 11.6 Å². The van der Waals surface area contributed by atoms with Crippen molar-refractivity contribution in [2.45, 2.75) is 18.7 Å². The fourth-order valence-corrected chi connectivity index (χ4v) is 3.47. The highest BCUT2D eigenvalue weighted by molar-refractivity contribution is 6.33. The van der Waals surface area contributed by atoms with E-state index in [1.54, 1.807) is 24.3 Å². The van der Waals surface area contributed by atoms with Crippen LogP contribution in [0.1, 0.15) is 22.8 Å². The first-order valence-corrected chi connectivity index (χ1v) is 9.63. The summed E-state index contributed by atoms with van der Waals surface area (Å²) >= 11 is 6.30. The van der Waals surface area contributed by atoms with Gasteiger partial charge >= 0.3 is 6.18 Å². The van der Waals surface area contributed by atoms with Gasteiger partial charge in [-0.05, 0) is 41.8 Å². The fraction of sp³-hybridized carbons (Fsp3) is 0.217. The summed E-state index contributed by atoms with van der Waals surface area (Å²) in [6.07, 6.45) is -4.40. The normalized spacial score (nSPS) is 12.7. The maximum Gasteiger partial charge on any atom is 0.417 e. The number of nitrogens with one attached hydrogen (secondary N) is 1. The molecule has 3 aromatic rings. The van der Waals surface area contributed by atoms with E-state index in [-0.39, 0.29) is 10.6 Å². The highest BCUT2D eigenvalue weighted by atomic mass is 35.5. The van der Waals surface area contributed by atoms with Crippen LogP contribution in [0.4, 0.5) is 13.2 Å².